The number of aromatic nitrogens is 1. The summed E-state index contributed by atoms with van der Waals surface area (Å²) >= 11 is 1.42. The second kappa shape index (κ2) is 6.72. The van der Waals surface area contributed by atoms with Crippen LogP contribution in [0.25, 0.3) is 5.69 Å². The van der Waals surface area contributed by atoms with Crippen molar-refractivity contribution in [1.29, 1.82) is 0 Å². The lowest BCUT2D eigenvalue weighted by Crippen LogP contribution is -2.17. The molecule has 112 valence electrons. The van der Waals surface area contributed by atoms with Gasteiger partial charge in [-0.15, -0.1) is 16.3 Å². The first kappa shape index (κ1) is 15.5. The first-order chi connectivity index (χ1) is 10.0. The van der Waals surface area contributed by atoms with Crippen molar-refractivity contribution in [2.45, 2.75) is 33.6 Å². The highest BCUT2D eigenvalue weighted by atomic mass is 32.1. The topological polar surface area (TPSA) is 43.6 Å². The van der Waals surface area contributed by atoms with Gasteiger partial charge in [0.1, 0.15) is 0 Å². The Labute approximate surface area is 128 Å². The molecule has 0 aliphatic rings. The fourth-order valence-electron chi connectivity index (χ4n) is 2.12. The van der Waals surface area contributed by atoms with Crippen LogP contribution in [-0.2, 0) is 4.74 Å². The molecule has 21 heavy (non-hydrogen) atoms. The lowest BCUT2D eigenvalue weighted by molar-refractivity contribution is 0.162. The standard InChI is InChI=1S/C16H20N2O2S/c1-5-20-16(19)17-15-18(8-9-21-15)14-10-12(4)6-7-13(14)11(2)3/h6-11H,5H2,1-4H3/b17-15-. The Bertz CT molecular complexity index is 698. The van der Waals surface area contributed by atoms with Crippen LogP contribution in [0.15, 0.2) is 34.8 Å². The van der Waals surface area contributed by atoms with Gasteiger partial charge in [-0.1, -0.05) is 26.0 Å². The average Bonchev–Trinajstić information content (AvgIpc) is 2.86. The minimum Gasteiger partial charge on any atom is -0.448 e. The van der Waals surface area contributed by atoms with Gasteiger partial charge >= 0.3 is 6.09 Å². The summed E-state index contributed by atoms with van der Waals surface area (Å²) in [6.45, 7) is 8.47. The van der Waals surface area contributed by atoms with Crippen molar-refractivity contribution in [2.24, 2.45) is 4.99 Å². The van der Waals surface area contributed by atoms with Gasteiger partial charge < -0.3 is 4.74 Å². The van der Waals surface area contributed by atoms with E-state index in [9.17, 15) is 4.79 Å². The largest absolute Gasteiger partial charge is 0.448 e. The van der Waals surface area contributed by atoms with E-state index in [4.69, 9.17) is 4.74 Å². The summed E-state index contributed by atoms with van der Waals surface area (Å²) in [5.41, 5.74) is 3.47. The van der Waals surface area contributed by atoms with E-state index in [1.54, 1.807) is 6.92 Å². The van der Waals surface area contributed by atoms with Crippen molar-refractivity contribution in [3.8, 4) is 5.69 Å². The van der Waals surface area contributed by atoms with E-state index < -0.39 is 6.09 Å². The van der Waals surface area contributed by atoms with Crippen LogP contribution < -0.4 is 4.80 Å². The normalized spacial score (nSPS) is 12.0. The van der Waals surface area contributed by atoms with Crippen molar-refractivity contribution in [1.82, 2.24) is 4.57 Å². The van der Waals surface area contributed by atoms with Gasteiger partial charge in [0.2, 0.25) is 4.80 Å². The zero-order valence-electron chi connectivity index (χ0n) is 12.8. The molecule has 5 heteroatoms. The average molecular weight is 304 g/mol. The Balaban J connectivity index is 2.56. The third-order valence-electron chi connectivity index (χ3n) is 3.11. The predicted octanol–water partition coefficient (Wildman–Crippen LogP) is 4.03. The van der Waals surface area contributed by atoms with Crippen LogP contribution in [0.3, 0.4) is 0 Å². The molecule has 0 saturated heterocycles. The van der Waals surface area contributed by atoms with Gasteiger partial charge in [0.15, 0.2) is 0 Å². The Hall–Kier alpha value is -1.88. The van der Waals surface area contributed by atoms with Crippen molar-refractivity contribution in [3.63, 3.8) is 0 Å². The van der Waals surface area contributed by atoms with Gasteiger partial charge in [-0.2, -0.15) is 0 Å². The molecule has 0 aliphatic carbocycles. The number of hydrogen-bond acceptors (Lipinski definition) is 3. The third-order valence-corrected chi connectivity index (χ3v) is 3.87. The Morgan fingerprint density at radius 3 is 2.86 bits per heavy atom. The van der Waals surface area contributed by atoms with Gasteiger partial charge in [0.05, 0.1) is 12.3 Å². The van der Waals surface area contributed by atoms with Gasteiger partial charge in [0, 0.05) is 11.6 Å². The van der Waals surface area contributed by atoms with E-state index in [0.29, 0.717) is 17.3 Å². The Morgan fingerprint density at radius 1 is 1.43 bits per heavy atom. The number of benzene rings is 1. The predicted molar refractivity (Wildman–Crippen MR) is 85.1 cm³/mol. The van der Waals surface area contributed by atoms with E-state index in [0.717, 1.165) is 5.69 Å². The molecule has 2 rings (SSSR count). The fraction of sp³-hybridized carbons (Fsp3) is 0.375. The number of amides is 1. The molecule has 0 saturated carbocycles. The second-order valence-corrected chi connectivity index (χ2v) is 5.96. The molecule has 0 fully saturated rings. The number of nitrogens with zero attached hydrogens (tertiary/aromatic N) is 2. The highest BCUT2D eigenvalue weighted by Crippen LogP contribution is 2.23. The Kier molecular flexibility index (Phi) is 4.96. The second-order valence-electron chi connectivity index (χ2n) is 5.08. The molecule has 4 nitrogen and oxygen atoms in total. The van der Waals surface area contributed by atoms with Crippen LogP contribution in [0.5, 0.6) is 0 Å². The van der Waals surface area contributed by atoms with Gasteiger partial charge in [-0.25, -0.2) is 4.79 Å². The third kappa shape index (κ3) is 3.61. The molecule has 0 atom stereocenters. The molecule has 0 aliphatic heterocycles. The molecule has 0 spiro atoms. The van der Waals surface area contributed by atoms with Crippen LogP contribution in [0, 0.1) is 6.92 Å². The number of ether oxygens (including phenoxy) is 1. The van der Waals surface area contributed by atoms with Crippen molar-refractivity contribution >= 4 is 17.4 Å². The lowest BCUT2D eigenvalue weighted by Gasteiger charge is -2.14. The van der Waals surface area contributed by atoms with E-state index >= 15 is 0 Å². The molecular formula is C16H20N2O2S. The highest BCUT2D eigenvalue weighted by molar-refractivity contribution is 7.07. The van der Waals surface area contributed by atoms with E-state index in [1.807, 2.05) is 16.1 Å². The minimum atomic E-state index is -0.549. The monoisotopic (exact) mass is 304 g/mol. The van der Waals surface area contributed by atoms with Gasteiger partial charge in [0.25, 0.3) is 0 Å². The summed E-state index contributed by atoms with van der Waals surface area (Å²) in [5.74, 6) is 0.392. The zero-order valence-corrected chi connectivity index (χ0v) is 13.6. The molecule has 0 N–H and O–H groups in total. The summed E-state index contributed by atoms with van der Waals surface area (Å²) in [6.07, 6.45) is 1.39. The fourth-order valence-corrected chi connectivity index (χ4v) is 2.82. The molecule has 1 aromatic heterocycles. The minimum absolute atomic E-state index is 0.329. The van der Waals surface area contributed by atoms with Crippen molar-refractivity contribution < 1.29 is 9.53 Å². The number of carbonyl (C=O) groups is 1. The quantitative estimate of drug-likeness (QED) is 0.859. The van der Waals surface area contributed by atoms with Crippen LogP contribution in [-0.4, -0.2) is 17.3 Å². The summed E-state index contributed by atoms with van der Waals surface area (Å²) in [4.78, 5) is 16.2. The summed E-state index contributed by atoms with van der Waals surface area (Å²) in [5, 5.41) is 1.92. The van der Waals surface area contributed by atoms with Crippen LogP contribution in [0.2, 0.25) is 0 Å². The highest BCUT2D eigenvalue weighted by Gasteiger charge is 2.10. The maximum atomic E-state index is 11.6. The summed E-state index contributed by atoms with van der Waals surface area (Å²) < 4.78 is 6.84. The van der Waals surface area contributed by atoms with Crippen LogP contribution >= 0.6 is 11.3 Å². The summed E-state index contributed by atoms with van der Waals surface area (Å²) in [6, 6.07) is 6.36. The smallest absolute Gasteiger partial charge is 0.436 e. The zero-order chi connectivity index (χ0) is 15.4. The first-order valence-electron chi connectivity index (χ1n) is 7.01. The number of carbonyl (C=O) groups excluding carboxylic acids is 1. The molecule has 1 amide bonds. The molecule has 1 heterocycles. The maximum absolute atomic E-state index is 11.6. The molecule has 2 aromatic rings. The number of hydrogen-bond donors (Lipinski definition) is 0. The van der Waals surface area contributed by atoms with E-state index in [-0.39, 0.29) is 0 Å². The van der Waals surface area contributed by atoms with Crippen LogP contribution in [0.4, 0.5) is 4.79 Å². The van der Waals surface area contributed by atoms with Crippen molar-refractivity contribution in [3.05, 3.63) is 45.7 Å². The summed E-state index contributed by atoms with van der Waals surface area (Å²) in [7, 11) is 0. The first-order valence-corrected chi connectivity index (χ1v) is 7.89. The molecule has 1 aromatic carbocycles. The molecular weight excluding hydrogens is 284 g/mol. The van der Waals surface area contributed by atoms with Crippen LogP contribution in [0.1, 0.15) is 37.8 Å². The number of thiazole rings is 1. The number of aryl methyl sites for hydroxylation is 1. The van der Waals surface area contributed by atoms with Gasteiger partial charge in [-0.05, 0) is 37.0 Å². The molecule has 0 radical (unpaired) electrons. The molecule has 0 bridgehead atoms. The van der Waals surface area contributed by atoms with Gasteiger partial charge in [-0.3, -0.25) is 4.57 Å². The lowest BCUT2D eigenvalue weighted by atomic mass is 9.99. The van der Waals surface area contributed by atoms with Crippen molar-refractivity contribution in [2.75, 3.05) is 6.61 Å². The SMILES string of the molecule is CCOC(=O)/N=c1\sccn1-c1cc(C)ccc1C(C)C. The maximum Gasteiger partial charge on any atom is 0.436 e. The molecule has 0 unspecified atom stereocenters. The van der Waals surface area contributed by atoms with E-state index in [1.165, 1.54) is 22.5 Å². The number of rotatable bonds is 3. The Morgan fingerprint density at radius 2 is 2.19 bits per heavy atom. The van der Waals surface area contributed by atoms with E-state index in [2.05, 4.69) is 44.0 Å².